The largest absolute Gasteiger partial charge is 0.491 e. The number of benzene rings is 3. The van der Waals surface area contributed by atoms with E-state index in [2.05, 4.69) is 22.9 Å². The van der Waals surface area contributed by atoms with Gasteiger partial charge in [-0.1, -0.05) is 47.5 Å². The first-order chi connectivity index (χ1) is 19.4. The molecule has 0 aliphatic carbocycles. The van der Waals surface area contributed by atoms with Gasteiger partial charge in [0.1, 0.15) is 29.5 Å². The number of likely N-dealkylation sites (N-methyl/N-ethyl adjacent to an activating group) is 1. The third kappa shape index (κ3) is 7.68. The van der Waals surface area contributed by atoms with Crippen LogP contribution in [0.3, 0.4) is 0 Å². The van der Waals surface area contributed by atoms with Crippen LogP contribution in [0, 0.1) is 0 Å². The van der Waals surface area contributed by atoms with Crippen LogP contribution in [0.1, 0.15) is 12.0 Å². The zero-order valence-corrected chi connectivity index (χ0v) is 24.2. The Kier molecular flexibility index (Phi) is 9.50. The molecule has 2 aliphatic rings. The maximum atomic E-state index is 13.5. The van der Waals surface area contributed by atoms with Crippen molar-refractivity contribution in [3.63, 3.8) is 0 Å². The van der Waals surface area contributed by atoms with Gasteiger partial charge in [-0.2, -0.15) is 0 Å². The number of piperazine rings is 1. The molecule has 3 aromatic carbocycles. The second-order valence-corrected chi connectivity index (χ2v) is 11.4. The van der Waals surface area contributed by atoms with E-state index in [0.717, 1.165) is 44.0 Å². The highest BCUT2D eigenvalue weighted by Gasteiger charge is 2.41. The highest BCUT2D eigenvalue weighted by Crippen LogP contribution is 2.31. The number of hydrogen-bond acceptors (Lipinski definition) is 6. The van der Waals surface area contributed by atoms with E-state index in [0.29, 0.717) is 41.2 Å². The highest BCUT2D eigenvalue weighted by molar-refractivity contribution is 6.30. The summed E-state index contributed by atoms with van der Waals surface area (Å²) < 4.78 is 18.8. The normalized spacial score (nSPS) is 20.3. The summed E-state index contributed by atoms with van der Waals surface area (Å²) >= 11 is 12.2. The summed E-state index contributed by atoms with van der Waals surface area (Å²) in [6.07, 6.45) is 0.251. The van der Waals surface area contributed by atoms with Crippen LogP contribution in [0.4, 0.5) is 0 Å². The average Bonchev–Trinajstić information content (AvgIpc) is 2.94. The molecule has 5 rings (SSSR count). The molecule has 2 saturated heterocycles. The second-order valence-electron chi connectivity index (χ2n) is 10.5. The smallest absolute Gasteiger partial charge is 0.225 e. The van der Waals surface area contributed by atoms with Crippen LogP contribution in [-0.4, -0.2) is 85.7 Å². The van der Waals surface area contributed by atoms with Crippen LogP contribution in [0.2, 0.25) is 10.0 Å². The lowest BCUT2D eigenvalue weighted by Crippen LogP contribution is -2.58. The number of hydrogen-bond donors (Lipinski definition) is 0. The standard InChI is InChI=1S/C31H35Cl2N3O4/c1-34-13-15-36(16-14-34)30(37)20-31(23-38-27-11-9-25(32)10-12-27)22-35(17-18-39-31)21-24-5-2-3-8-29(24)40-28-7-4-6-26(33)19-28/h2-12,19H,13-18,20-23H2,1H3/t31-/m1/s1. The fraction of sp³-hybridized carbons (Fsp3) is 0.387. The van der Waals surface area contributed by atoms with Gasteiger partial charge in [0.25, 0.3) is 0 Å². The molecule has 0 aromatic heterocycles. The lowest BCUT2D eigenvalue weighted by molar-refractivity contribution is -0.158. The molecule has 2 fully saturated rings. The number of carbonyl (C=O) groups is 1. The molecule has 40 heavy (non-hydrogen) atoms. The molecule has 9 heteroatoms. The van der Waals surface area contributed by atoms with Crippen molar-refractivity contribution in [1.82, 2.24) is 14.7 Å². The summed E-state index contributed by atoms with van der Waals surface area (Å²) in [5, 5.41) is 1.27. The Hall–Kier alpha value is -2.81. The molecule has 0 bridgehead atoms. The molecule has 3 aromatic rings. The van der Waals surface area contributed by atoms with Gasteiger partial charge in [-0.3, -0.25) is 9.69 Å². The zero-order valence-electron chi connectivity index (χ0n) is 22.7. The molecule has 1 atom stereocenters. The average molecular weight is 585 g/mol. The zero-order chi connectivity index (χ0) is 28.0. The van der Waals surface area contributed by atoms with Crippen LogP contribution in [0.15, 0.2) is 72.8 Å². The van der Waals surface area contributed by atoms with Gasteiger partial charge >= 0.3 is 0 Å². The van der Waals surface area contributed by atoms with Gasteiger partial charge in [0, 0.05) is 61.4 Å². The van der Waals surface area contributed by atoms with Gasteiger partial charge in [-0.25, -0.2) is 0 Å². The molecule has 0 saturated carbocycles. The SMILES string of the molecule is CN1CCN(C(=O)C[C@]2(COc3ccc(Cl)cc3)CN(Cc3ccccc3Oc3cccc(Cl)c3)CCO2)CC1. The van der Waals surface area contributed by atoms with Gasteiger partial charge in [0.2, 0.25) is 5.91 Å². The van der Waals surface area contributed by atoms with E-state index in [4.69, 9.17) is 37.4 Å². The van der Waals surface area contributed by atoms with Gasteiger partial charge in [0.15, 0.2) is 0 Å². The number of ether oxygens (including phenoxy) is 3. The number of carbonyl (C=O) groups excluding carboxylic acids is 1. The lowest BCUT2D eigenvalue weighted by atomic mass is 9.96. The Balaban J connectivity index is 1.32. The molecule has 0 unspecified atom stereocenters. The van der Waals surface area contributed by atoms with Crippen molar-refractivity contribution in [1.29, 1.82) is 0 Å². The first-order valence-electron chi connectivity index (χ1n) is 13.6. The molecule has 7 nitrogen and oxygen atoms in total. The summed E-state index contributed by atoms with van der Waals surface area (Å²) in [7, 11) is 2.08. The van der Waals surface area contributed by atoms with Gasteiger partial charge in [-0.05, 0) is 55.6 Å². The van der Waals surface area contributed by atoms with E-state index in [1.165, 1.54) is 0 Å². The van der Waals surface area contributed by atoms with Crippen molar-refractivity contribution in [2.45, 2.75) is 18.6 Å². The van der Waals surface area contributed by atoms with Crippen molar-refractivity contribution >= 4 is 29.1 Å². The Morgan fingerprint density at radius 3 is 2.45 bits per heavy atom. The topological polar surface area (TPSA) is 54.5 Å². The summed E-state index contributed by atoms with van der Waals surface area (Å²) in [4.78, 5) is 20.0. The van der Waals surface area contributed by atoms with E-state index in [1.54, 1.807) is 18.2 Å². The Labute approximate surface area is 246 Å². The summed E-state index contributed by atoms with van der Waals surface area (Å²) in [6, 6.07) is 22.6. The van der Waals surface area contributed by atoms with E-state index < -0.39 is 5.60 Å². The third-order valence-corrected chi connectivity index (χ3v) is 7.85. The van der Waals surface area contributed by atoms with Gasteiger partial charge < -0.3 is 24.0 Å². The van der Waals surface area contributed by atoms with E-state index in [-0.39, 0.29) is 18.9 Å². The van der Waals surface area contributed by atoms with Crippen LogP contribution in [0.5, 0.6) is 17.2 Å². The van der Waals surface area contributed by atoms with E-state index in [9.17, 15) is 4.79 Å². The fourth-order valence-corrected chi connectivity index (χ4v) is 5.43. The number of para-hydroxylation sites is 1. The van der Waals surface area contributed by atoms with Gasteiger partial charge in [0.05, 0.1) is 13.0 Å². The van der Waals surface area contributed by atoms with Crippen LogP contribution >= 0.6 is 23.2 Å². The van der Waals surface area contributed by atoms with Crippen molar-refractivity contribution in [2.75, 3.05) is 59.5 Å². The van der Waals surface area contributed by atoms with Crippen LogP contribution in [-0.2, 0) is 16.1 Å². The molecule has 1 amide bonds. The number of halogens is 2. The second kappa shape index (κ2) is 13.2. The molecule has 0 spiro atoms. The van der Waals surface area contributed by atoms with Crippen molar-refractivity contribution < 1.29 is 19.0 Å². The van der Waals surface area contributed by atoms with Crippen molar-refractivity contribution in [2.24, 2.45) is 0 Å². The third-order valence-electron chi connectivity index (χ3n) is 7.36. The van der Waals surface area contributed by atoms with Crippen molar-refractivity contribution in [3.05, 3.63) is 88.4 Å². The summed E-state index contributed by atoms with van der Waals surface area (Å²) in [6.45, 7) is 5.87. The summed E-state index contributed by atoms with van der Waals surface area (Å²) in [5.41, 5.74) is 0.253. The van der Waals surface area contributed by atoms with E-state index in [1.807, 2.05) is 53.4 Å². The minimum absolute atomic E-state index is 0.0966. The number of rotatable bonds is 9. The van der Waals surface area contributed by atoms with Crippen LogP contribution in [0.25, 0.3) is 0 Å². The molecule has 2 aliphatic heterocycles. The molecule has 212 valence electrons. The summed E-state index contributed by atoms with van der Waals surface area (Å²) in [5.74, 6) is 2.24. The Morgan fingerprint density at radius 1 is 0.900 bits per heavy atom. The fourth-order valence-electron chi connectivity index (χ4n) is 5.13. The molecule has 0 N–H and O–H groups in total. The molecular formula is C31H35Cl2N3O4. The molecule has 2 heterocycles. The molecular weight excluding hydrogens is 549 g/mol. The monoisotopic (exact) mass is 583 g/mol. The molecule has 0 radical (unpaired) electrons. The van der Waals surface area contributed by atoms with Crippen molar-refractivity contribution in [3.8, 4) is 17.2 Å². The van der Waals surface area contributed by atoms with Crippen LogP contribution < -0.4 is 9.47 Å². The maximum absolute atomic E-state index is 13.5. The minimum Gasteiger partial charge on any atom is -0.491 e. The first kappa shape index (κ1) is 28.7. The minimum atomic E-state index is -0.791. The Morgan fingerprint density at radius 2 is 1.68 bits per heavy atom. The van der Waals surface area contributed by atoms with E-state index >= 15 is 0 Å². The quantitative estimate of drug-likeness (QED) is 0.327. The Bertz CT molecular complexity index is 1280. The maximum Gasteiger partial charge on any atom is 0.225 e. The number of amides is 1. The number of morpholine rings is 1. The predicted octanol–water partition coefficient (Wildman–Crippen LogP) is 5.60. The highest BCUT2D eigenvalue weighted by atomic mass is 35.5. The van der Waals surface area contributed by atoms with Gasteiger partial charge in [-0.15, -0.1) is 0 Å². The predicted molar refractivity (Wildman–Crippen MR) is 158 cm³/mol. The number of nitrogens with zero attached hydrogens (tertiary/aromatic N) is 3. The lowest BCUT2D eigenvalue weighted by Gasteiger charge is -2.43. The first-order valence-corrected chi connectivity index (χ1v) is 14.4.